The van der Waals surface area contributed by atoms with Gasteiger partial charge in [-0.05, 0) is 11.6 Å². The number of nitrogens with zero attached hydrogens (tertiary/aromatic N) is 1. The minimum atomic E-state index is -1.58. The fraction of sp³-hybridized carbons (Fsp3) is 0.235. The van der Waals surface area contributed by atoms with Gasteiger partial charge in [0.15, 0.2) is 5.69 Å². The Labute approximate surface area is 154 Å². The molecule has 0 aliphatic heterocycles. The highest BCUT2D eigenvalue weighted by atomic mass is 35.5. The summed E-state index contributed by atoms with van der Waals surface area (Å²) in [6, 6.07) is 11.5. The van der Waals surface area contributed by atoms with Gasteiger partial charge in [-0.15, -0.1) is 0 Å². The van der Waals surface area contributed by atoms with Gasteiger partial charge in [-0.2, -0.15) is 0 Å². The lowest BCUT2D eigenvalue weighted by Crippen LogP contribution is -2.36. The number of carboxylic acids is 1. The number of ether oxygens (including phenoxy) is 1. The number of aromatic nitrogens is 1. The minimum absolute atomic E-state index is 0.0512. The zero-order valence-electron chi connectivity index (χ0n) is 13.5. The van der Waals surface area contributed by atoms with E-state index in [0.717, 1.165) is 5.56 Å². The average Bonchev–Trinajstić information content (AvgIpc) is 2.64. The molecule has 138 valence electrons. The second kappa shape index (κ2) is 9.14. The molecule has 1 amide bonds. The van der Waals surface area contributed by atoms with Crippen molar-refractivity contribution in [3.8, 4) is 0 Å². The van der Waals surface area contributed by atoms with Crippen molar-refractivity contribution in [2.75, 3.05) is 6.54 Å². The van der Waals surface area contributed by atoms with E-state index in [1.807, 2.05) is 6.07 Å². The number of nitrogens with one attached hydrogen (secondary N) is 1. The van der Waals surface area contributed by atoms with Crippen molar-refractivity contribution in [3.05, 3.63) is 64.4 Å². The molecule has 9 heteroatoms. The molecule has 0 radical (unpaired) electrons. The summed E-state index contributed by atoms with van der Waals surface area (Å²) < 4.78 is 4.97. The number of carbonyl (C=O) groups excluding carboxylic acids is 1. The number of benzene rings is 1. The summed E-state index contributed by atoms with van der Waals surface area (Å²) in [6.45, 7) is -0.300. The first kappa shape index (κ1) is 19.6. The van der Waals surface area contributed by atoms with Crippen molar-refractivity contribution >= 4 is 23.7 Å². The van der Waals surface area contributed by atoms with Crippen LogP contribution in [0.4, 0.5) is 4.79 Å². The summed E-state index contributed by atoms with van der Waals surface area (Å²) in [5.74, 6) is -1.40. The Hall–Kier alpha value is -2.68. The molecule has 2 atom stereocenters. The molecule has 0 bridgehead atoms. The third-order valence-corrected chi connectivity index (χ3v) is 3.66. The predicted molar refractivity (Wildman–Crippen MR) is 91.8 cm³/mol. The summed E-state index contributed by atoms with van der Waals surface area (Å²) >= 11 is 5.64. The van der Waals surface area contributed by atoms with Crippen LogP contribution in [-0.4, -0.2) is 45.0 Å². The summed E-state index contributed by atoms with van der Waals surface area (Å²) in [4.78, 5) is 26.5. The first-order valence-electron chi connectivity index (χ1n) is 7.59. The van der Waals surface area contributed by atoms with E-state index in [2.05, 4.69) is 10.3 Å². The van der Waals surface area contributed by atoms with Crippen LogP contribution < -0.4 is 5.32 Å². The smallest absolute Gasteiger partial charge is 0.407 e. The number of aliphatic hydroxyl groups excluding tert-OH is 2. The Kier molecular flexibility index (Phi) is 6.90. The van der Waals surface area contributed by atoms with Crippen molar-refractivity contribution < 1.29 is 29.6 Å². The molecule has 0 aliphatic rings. The van der Waals surface area contributed by atoms with Crippen LogP contribution in [0.5, 0.6) is 0 Å². The molecule has 4 N–H and O–H groups in total. The summed E-state index contributed by atoms with van der Waals surface area (Å²) in [5.41, 5.74) is 0.200. The van der Waals surface area contributed by atoms with Crippen LogP contribution in [0.15, 0.2) is 42.5 Å². The number of halogens is 1. The summed E-state index contributed by atoms with van der Waals surface area (Å²) in [6.07, 6.45) is -3.84. The largest absolute Gasteiger partial charge is 0.476 e. The van der Waals surface area contributed by atoms with E-state index >= 15 is 0 Å². The summed E-state index contributed by atoms with van der Waals surface area (Å²) in [5, 5.41) is 31.5. The topological polar surface area (TPSA) is 129 Å². The van der Waals surface area contributed by atoms with Crippen LogP contribution >= 0.6 is 11.6 Å². The lowest BCUT2D eigenvalue weighted by Gasteiger charge is -2.19. The molecule has 1 aromatic heterocycles. The van der Waals surface area contributed by atoms with Crippen molar-refractivity contribution in [1.29, 1.82) is 0 Å². The maximum absolute atomic E-state index is 11.6. The number of carboxylic acid groups (broad SMARTS) is 1. The number of hydrogen-bond acceptors (Lipinski definition) is 6. The Bertz CT molecular complexity index is 771. The maximum atomic E-state index is 11.6. The number of hydrogen-bond donors (Lipinski definition) is 4. The van der Waals surface area contributed by atoms with E-state index in [0.29, 0.717) is 0 Å². The molecule has 2 unspecified atom stereocenters. The number of aliphatic hydroxyl groups is 2. The molecule has 0 saturated carbocycles. The molecular weight excluding hydrogens is 364 g/mol. The molecule has 2 rings (SSSR count). The van der Waals surface area contributed by atoms with Crippen LogP contribution in [0, 0.1) is 0 Å². The van der Waals surface area contributed by atoms with Crippen molar-refractivity contribution in [2.24, 2.45) is 0 Å². The molecule has 0 saturated heterocycles. The lowest BCUT2D eigenvalue weighted by molar-refractivity contribution is 0.0171. The zero-order chi connectivity index (χ0) is 19.1. The highest BCUT2D eigenvalue weighted by molar-refractivity contribution is 6.29. The van der Waals surface area contributed by atoms with Gasteiger partial charge in [0.2, 0.25) is 0 Å². The first-order valence-corrected chi connectivity index (χ1v) is 7.96. The van der Waals surface area contributed by atoms with E-state index in [1.165, 1.54) is 12.1 Å². The fourth-order valence-electron chi connectivity index (χ4n) is 2.14. The SMILES string of the molecule is O=C(NCC(O)C(O)c1ccc(Cl)nc1C(=O)O)OCc1ccccc1. The predicted octanol–water partition coefficient (Wildman–Crippen LogP) is 1.75. The van der Waals surface area contributed by atoms with Crippen molar-refractivity contribution in [3.63, 3.8) is 0 Å². The Balaban J connectivity index is 1.90. The Morgan fingerprint density at radius 2 is 1.85 bits per heavy atom. The molecule has 8 nitrogen and oxygen atoms in total. The lowest BCUT2D eigenvalue weighted by atomic mass is 10.0. The normalized spacial score (nSPS) is 12.9. The van der Waals surface area contributed by atoms with Gasteiger partial charge in [0, 0.05) is 12.1 Å². The fourth-order valence-corrected chi connectivity index (χ4v) is 2.28. The number of carbonyl (C=O) groups is 2. The van der Waals surface area contributed by atoms with Crippen LogP contribution in [0.1, 0.15) is 27.7 Å². The van der Waals surface area contributed by atoms with Gasteiger partial charge >= 0.3 is 12.1 Å². The van der Waals surface area contributed by atoms with Crippen molar-refractivity contribution in [1.82, 2.24) is 10.3 Å². The van der Waals surface area contributed by atoms with Gasteiger partial charge in [0.25, 0.3) is 0 Å². The number of alkyl carbamates (subject to hydrolysis) is 1. The van der Waals surface area contributed by atoms with E-state index < -0.39 is 30.0 Å². The Morgan fingerprint density at radius 3 is 2.50 bits per heavy atom. The highest BCUT2D eigenvalue weighted by Gasteiger charge is 2.25. The van der Waals surface area contributed by atoms with Gasteiger partial charge in [0.05, 0.1) is 0 Å². The van der Waals surface area contributed by atoms with Crippen molar-refractivity contribution in [2.45, 2.75) is 18.8 Å². The second-order valence-electron chi connectivity index (χ2n) is 5.33. The standard InChI is InChI=1S/C17H17ClN2O6/c18-13-7-6-11(14(20-13)16(23)24)15(22)12(21)8-19-17(25)26-9-10-4-2-1-3-5-10/h1-7,12,15,21-22H,8-9H2,(H,19,25)(H,23,24). The molecular formula is C17H17ClN2O6. The summed E-state index contributed by atoms with van der Waals surface area (Å²) in [7, 11) is 0. The number of aromatic carboxylic acids is 1. The number of rotatable bonds is 7. The van der Waals surface area contributed by atoms with E-state index in [-0.39, 0.29) is 23.9 Å². The minimum Gasteiger partial charge on any atom is -0.476 e. The Morgan fingerprint density at radius 1 is 1.15 bits per heavy atom. The molecule has 26 heavy (non-hydrogen) atoms. The average molecular weight is 381 g/mol. The van der Waals surface area contributed by atoms with Gasteiger partial charge < -0.3 is 25.4 Å². The van der Waals surface area contributed by atoms with Gasteiger partial charge in [-0.3, -0.25) is 0 Å². The van der Waals surface area contributed by atoms with E-state index in [1.54, 1.807) is 24.3 Å². The quantitative estimate of drug-likeness (QED) is 0.538. The third-order valence-electron chi connectivity index (χ3n) is 3.45. The monoisotopic (exact) mass is 380 g/mol. The van der Waals surface area contributed by atoms with Crippen LogP contribution in [0.3, 0.4) is 0 Å². The number of pyridine rings is 1. The molecule has 0 spiro atoms. The van der Waals surface area contributed by atoms with Gasteiger partial charge in [-0.1, -0.05) is 48.0 Å². The van der Waals surface area contributed by atoms with Crippen LogP contribution in [0.2, 0.25) is 5.15 Å². The molecule has 1 aromatic carbocycles. The van der Waals surface area contributed by atoms with Gasteiger partial charge in [0.1, 0.15) is 24.0 Å². The highest BCUT2D eigenvalue weighted by Crippen LogP contribution is 2.22. The van der Waals surface area contributed by atoms with E-state index in [4.69, 9.17) is 21.4 Å². The number of amides is 1. The van der Waals surface area contributed by atoms with Crippen LogP contribution in [-0.2, 0) is 11.3 Å². The first-order chi connectivity index (χ1) is 12.4. The molecule has 0 fully saturated rings. The second-order valence-corrected chi connectivity index (χ2v) is 5.72. The molecule has 2 aromatic rings. The van der Waals surface area contributed by atoms with Gasteiger partial charge in [-0.25, -0.2) is 14.6 Å². The molecule has 1 heterocycles. The maximum Gasteiger partial charge on any atom is 0.407 e. The van der Waals surface area contributed by atoms with Crippen LogP contribution in [0.25, 0.3) is 0 Å². The molecule has 0 aliphatic carbocycles. The third kappa shape index (κ3) is 5.41. The zero-order valence-corrected chi connectivity index (χ0v) is 14.3. The van der Waals surface area contributed by atoms with E-state index in [9.17, 15) is 19.8 Å².